The number of nitrogens with two attached hydrogens (primary N) is 1. The zero-order valence-corrected chi connectivity index (χ0v) is 11.1. The average molecular weight is 254 g/mol. The Morgan fingerprint density at radius 2 is 2.06 bits per heavy atom. The van der Waals surface area contributed by atoms with E-state index in [9.17, 15) is 0 Å². The first kappa shape index (κ1) is 13.6. The lowest BCUT2D eigenvalue weighted by atomic mass is 9.95. The molecule has 5 nitrogen and oxygen atoms in total. The van der Waals surface area contributed by atoms with Crippen molar-refractivity contribution in [1.29, 1.82) is 0 Å². The molecule has 5 heteroatoms. The molecule has 0 aromatic carbocycles. The van der Waals surface area contributed by atoms with Crippen molar-refractivity contribution in [3.05, 3.63) is 0 Å². The van der Waals surface area contributed by atoms with Crippen LogP contribution in [0.1, 0.15) is 44.9 Å². The Hall–Kier alpha value is -0.810. The summed E-state index contributed by atoms with van der Waals surface area (Å²) >= 11 is 0. The van der Waals surface area contributed by atoms with Crippen LogP contribution in [0.4, 0.5) is 0 Å². The molecule has 0 aromatic heterocycles. The fourth-order valence-corrected chi connectivity index (χ4v) is 3.09. The van der Waals surface area contributed by atoms with Crippen LogP contribution in [0.5, 0.6) is 0 Å². The van der Waals surface area contributed by atoms with Gasteiger partial charge in [-0.3, -0.25) is 5.43 Å². The van der Waals surface area contributed by atoms with Crippen molar-refractivity contribution in [1.82, 2.24) is 10.3 Å². The summed E-state index contributed by atoms with van der Waals surface area (Å²) in [6.07, 6.45) is 8.22. The van der Waals surface area contributed by atoms with E-state index in [0.29, 0.717) is 12.0 Å². The predicted molar refractivity (Wildman–Crippen MR) is 73.0 cm³/mol. The maximum absolute atomic E-state index is 9.04. The van der Waals surface area contributed by atoms with Gasteiger partial charge in [0.1, 0.15) is 0 Å². The molecule has 1 aliphatic heterocycles. The number of rotatable bonds is 3. The van der Waals surface area contributed by atoms with Gasteiger partial charge in [0, 0.05) is 19.7 Å². The van der Waals surface area contributed by atoms with Crippen molar-refractivity contribution in [2.45, 2.75) is 51.0 Å². The normalized spacial score (nSPS) is 26.7. The molecule has 0 amide bonds. The second kappa shape index (κ2) is 6.95. The standard InChI is InChI=1S/C13H26N4O/c14-16-13(15-12-5-1-2-6-12)17-8-3-4-11(10-17)7-9-18/h11-12,18H,1-10,14H2,(H,15,16). The molecule has 1 atom stereocenters. The van der Waals surface area contributed by atoms with Crippen LogP contribution in [0, 0.1) is 5.92 Å². The van der Waals surface area contributed by atoms with Crippen molar-refractivity contribution in [2.24, 2.45) is 16.8 Å². The van der Waals surface area contributed by atoms with Crippen LogP contribution in [0.2, 0.25) is 0 Å². The van der Waals surface area contributed by atoms with Gasteiger partial charge in [0.05, 0.1) is 6.04 Å². The number of aliphatic imine (C=N–C) groups is 1. The number of aliphatic hydroxyl groups excluding tert-OH is 1. The zero-order valence-electron chi connectivity index (χ0n) is 11.1. The summed E-state index contributed by atoms with van der Waals surface area (Å²) in [5.41, 5.74) is 2.77. The lowest BCUT2D eigenvalue weighted by molar-refractivity contribution is 0.195. The number of hydrazine groups is 1. The van der Waals surface area contributed by atoms with Crippen LogP contribution in [0.3, 0.4) is 0 Å². The number of likely N-dealkylation sites (tertiary alicyclic amines) is 1. The third-order valence-corrected chi connectivity index (χ3v) is 4.11. The van der Waals surface area contributed by atoms with E-state index >= 15 is 0 Å². The first-order valence-corrected chi connectivity index (χ1v) is 7.23. The third-order valence-electron chi connectivity index (χ3n) is 4.11. The maximum atomic E-state index is 9.04. The van der Waals surface area contributed by atoms with Gasteiger partial charge in [-0.2, -0.15) is 0 Å². The van der Waals surface area contributed by atoms with Gasteiger partial charge in [0.25, 0.3) is 0 Å². The summed E-state index contributed by atoms with van der Waals surface area (Å²) in [7, 11) is 0. The predicted octanol–water partition coefficient (Wildman–Crippen LogP) is 0.843. The Bertz CT molecular complexity index is 274. The van der Waals surface area contributed by atoms with Gasteiger partial charge >= 0.3 is 0 Å². The first-order chi connectivity index (χ1) is 8.83. The van der Waals surface area contributed by atoms with Gasteiger partial charge in [-0.05, 0) is 38.0 Å². The summed E-state index contributed by atoms with van der Waals surface area (Å²) in [5, 5.41) is 9.04. The van der Waals surface area contributed by atoms with Crippen LogP contribution in [0.25, 0.3) is 0 Å². The van der Waals surface area contributed by atoms with Crippen molar-refractivity contribution in [2.75, 3.05) is 19.7 Å². The molecule has 0 aromatic rings. The molecule has 0 bridgehead atoms. The maximum Gasteiger partial charge on any atom is 0.208 e. The van der Waals surface area contributed by atoms with Crippen molar-refractivity contribution in [3.8, 4) is 0 Å². The van der Waals surface area contributed by atoms with Gasteiger partial charge in [-0.15, -0.1) is 0 Å². The van der Waals surface area contributed by atoms with Crippen molar-refractivity contribution >= 4 is 5.96 Å². The van der Waals surface area contributed by atoms with Crippen LogP contribution in [-0.2, 0) is 0 Å². The highest BCUT2D eigenvalue weighted by molar-refractivity contribution is 5.79. The van der Waals surface area contributed by atoms with E-state index in [0.717, 1.165) is 31.9 Å². The Morgan fingerprint density at radius 3 is 2.72 bits per heavy atom. The van der Waals surface area contributed by atoms with Gasteiger partial charge in [0.15, 0.2) is 0 Å². The summed E-state index contributed by atoms with van der Waals surface area (Å²) in [6, 6.07) is 0.453. The molecule has 1 heterocycles. The number of guanidine groups is 1. The second-order valence-electron chi connectivity index (χ2n) is 5.50. The Morgan fingerprint density at radius 1 is 1.28 bits per heavy atom. The minimum absolute atomic E-state index is 0.281. The highest BCUT2D eigenvalue weighted by atomic mass is 16.3. The van der Waals surface area contributed by atoms with Crippen LogP contribution in [-0.4, -0.2) is 41.7 Å². The molecule has 4 N–H and O–H groups in total. The number of hydrogen-bond donors (Lipinski definition) is 3. The molecule has 0 spiro atoms. The molecule has 18 heavy (non-hydrogen) atoms. The number of hydrogen-bond acceptors (Lipinski definition) is 3. The molecule has 1 aliphatic carbocycles. The van der Waals surface area contributed by atoms with Crippen LogP contribution in [0.15, 0.2) is 4.99 Å². The zero-order chi connectivity index (χ0) is 12.8. The topological polar surface area (TPSA) is 73.9 Å². The molecule has 2 aliphatic rings. The lowest BCUT2D eigenvalue weighted by Gasteiger charge is -2.34. The molecule has 0 radical (unpaired) electrons. The molecule has 2 fully saturated rings. The molecular formula is C13H26N4O. The summed E-state index contributed by atoms with van der Waals surface area (Å²) < 4.78 is 0. The van der Waals surface area contributed by atoms with E-state index in [1.807, 2.05) is 0 Å². The van der Waals surface area contributed by atoms with Crippen LogP contribution < -0.4 is 11.3 Å². The van der Waals surface area contributed by atoms with E-state index < -0.39 is 0 Å². The van der Waals surface area contributed by atoms with E-state index in [4.69, 9.17) is 15.9 Å². The van der Waals surface area contributed by atoms with Gasteiger partial charge < -0.3 is 10.0 Å². The molecule has 1 unspecified atom stereocenters. The van der Waals surface area contributed by atoms with E-state index in [2.05, 4.69) is 10.3 Å². The van der Waals surface area contributed by atoms with Crippen molar-refractivity contribution < 1.29 is 5.11 Å². The second-order valence-corrected chi connectivity index (χ2v) is 5.50. The molecule has 1 saturated carbocycles. The van der Waals surface area contributed by atoms with Crippen molar-refractivity contribution in [3.63, 3.8) is 0 Å². The van der Waals surface area contributed by atoms with Gasteiger partial charge in [0.2, 0.25) is 5.96 Å². The monoisotopic (exact) mass is 254 g/mol. The summed E-state index contributed by atoms with van der Waals surface area (Å²) in [4.78, 5) is 7.01. The van der Waals surface area contributed by atoms with E-state index in [1.165, 1.54) is 32.1 Å². The van der Waals surface area contributed by atoms with Gasteiger partial charge in [-0.25, -0.2) is 10.8 Å². The van der Waals surface area contributed by atoms with E-state index in [-0.39, 0.29) is 6.61 Å². The summed E-state index contributed by atoms with van der Waals surface area (Å²) in [6.45, 7) is 2.28. The lowest BCUT2D eigenvalue weighted by Crippen LogP contribution is -2.49. The Kier molecular flexibility index (Phi) is 5.26. The number of nitrogens with one attached hydrogen (secondary N) is 1. The highest BCUT2D eigenvalue weighted by Crippen LogP contribution is 2.23. The average Bonchev–Trinajstić information content (AvgIpc) is 2.89. The third kappa shape index (κ3) is 3.59. The highest BCUT2D eigenvalue weighted by Gasteiger charge is 2.23. The molecule has 1 saturated heterocycles. The summed E-state index contributed by atoms with van der Waals surface area (Å²) in [5.74, 6) is 7.06. The minimum atomic E-state index is 0.281. The molecule has 2 rings (SSSR count). The van der Waals surface area contributed by atoms with Crippen LogP contribution >= 0.6 is 0 Å². The first-order valence-electron chi connectivity index (χ1n) is 7.23. The quantitative estimate of drug-likeness (QED) is 0.302. The van der Waals surface area contributed by atoms with Gasteiger partial charge in [-0.1, -0.05) is 12.8 Å². The fraction of sp³-hybridized carbons (Fsp3) is 0.923. The number of aliphatic hydroxyl groups is 1. The number of piperidine rings is 1. The Balaban J connectivity index is 1.93. The molecule has 104 valence electrons. The largest absolute Gasteiger partial charge is 0.396 e. The fourth-order valence-electron chi connectivity index (χ4n) is 3.09. The minimum Gasteiger partial charge on any atom is -0.396 e. The number of nitrogens with zero attached hydrogens (tertiary/aromatic N) is 2. The molecular weight excluding hydrogens is 228 g/mol. The Labute approximate surface area is 109 Å². The van der Waals surface area contributed by atoms with E-state index in [1.54, 1.807) is 0 Å². The smallest absolute Gasteiger partial charge is 0.208 e. The SMILES string of the molecule is NNC(=NC1CCCC1)N1CCCC(CCO)C1.